The van der Waals surface area contributed by atoms with Gasteiger partial charge in [-0.05, 0) is 37.5 Å². The highest BCUT2D eigenvalue weighted by Crippen LogP contribution is 2.19. The molecule has 0 aliphatic heterocycles. The van der Waals surface area contributed by atoms with Crippen LogP contribution in [0.15, 0.2) is 54.6 Å². The van der Waals surface area contributed by atoms with Crippen LogP contribution in [0.1, 0.15) is 48.2 Å². The van der Waals surface area contributed by atoms with Crippen LogP contribution < -0.4 is 0 Å². The predicted octanol–water partition coefficient (Wildman–Crippen LogP) is 4.00. The van der Waals surface area contributed by atoms with E-state index >= 15 is 0 Å². The minimum atomic E-state index is -3.93. The molecular weight excluding hydrogens is 360 g/mol. The summed E-state index contributed by atoms with van der Waals surface area (Å²) in [5.41, 5.74) is 2.23. The summed E-state index contributed by atoms with van der Waals surface area (Å²) in [6, 6.07) is 16.1. The first-order valence-electron chi connectivity index (χ1n) is 9.32. The Morgan fingerprint density at radius 2 is 1.44 bits per heavy atom. The van der Waals surface area contributed by atoms with E-state index in [1.54, 1.807) is 30.3 Å². The number of nitrogens with zero attached hydrogens (tertiary/aromatic N) is 2. The van der Waals surface area contributed by atoms with Crippen molar-refractivity contribution in [1.29, 1.82) is 0 Å². The largest absolute Gasteiger partial charge is 0.306 e. The van der Waals surface area contributed by atoms with Gasteiger partial charge in [-0.25, -0.2) is 4.31 Å². The maximum Gasteiger partial charge on any atom is 0.306 e. The molecule has 2 aromatic rings. The molecular formula is C21H28N2O3S. The van der Waals surface area contributed by atoms with E-state index in [1.807, 2.05) is 45.0 Å². The number of amides is 1. The minimum Gasteiger partial charge on any atom is -0.268 e. The molecule has 0 heterocycles. The molecule has 0 aliphatic carbocycles. The Balaban J connectivity index is 2.44. The Morgan fingerprint density at radius 3 is 1.96 bits per heavy atom. The second-order valence-corrected chi connectivity index (χ2v) is 8.42. The number of rotatable bonds is 9. The fourth-order valence-corrected chi connectivity index (χ4v) is 4.56. The summed E-state index contributed by atoms with van der Waals surface area (Å²) in [6.45, 7) is 6.63. The smallest absolute Gasteiger partial charge is 0.268 e. The quantitative estimate of drug-likeness (QED) is 0.652. The Bertz CT molecular complexity index is 827. The first kappa shape index (κ1) is 21.1. The van der Waals surface area contributed by atoms with Gasteiger partial charge in [0, 0.05) is 18.7 Å². The highest BCUT2D eigenvalue weighted by atomic mass is 32.2. The van der Waals surface area contributed by atoms with E-state index in [2.05, 4.69) is 0 Å². The third-order valence-corrected chi connectivity index (χ3v) is 6.11. The number of aryl methyl sites for hydroxylation is 1. The molecule has 27 heavy (non-hydrogen) atoms. The molecule has 6 heteroatoms. The van der Waals surface area contributed by atoms with E-state index < -0.39 is 16.1 Å². The highest BCUT2D eigenvalue weighted by molar-refractivity contribution is 7.87. The molecule has 0 N–H and O–H groups in total. The molecule has 0 fully saturated rings. The van der Waals surface area contributed by atoms with Gasteiger partial charge in [-0.1, -0.05) is 61.9 Å². The summed E-state index contributed by atoms with van der Waals surface area (Å²) < 4.78 is 29.1. The number of benzene rings is 2. The van der Waals surface area contributed by atoms with Crippen molar-refractivity contribution in [2.24, 2.45) is 0 Å². The summed E-state index contributed by atoms with van der Waals surface area (Å²) in [5.74, 6) is -0.506. The summed E-state index contributed by atoms with van der Waals surface area (Å²) in [5, 5.41) is 0. The maximum absolute atomic E-state index is 13.3. The summed E-state index contributed by atoms with van der Waals surface area (Å²) in [4.78, 5) is 13.1. The van der Waals surface area contributed by atoms with Crippen LogP contribution in [0, 0.1) is 6.92 Å². The van der Waals surface area contributed by atoms with Crippen LogP contribution in [-0.2, 0) is 16.8 Å². The fourth-order valence-electron chi connectivity index (χ4n) is 2.82. The fraction of sp³-hybridized carbons (Fsp3) is 0.381. The summed E-state index contributed by atoms with van der Waals surface area (Å²) in [6.07, 6.45) is 1.38. The summed E-state index contributed by atoms with van der Waals surface area (Å²) >= 11 is 0. The van der Waals surface area contributed by atoms with Gasteiger partial charge >= 0.3 is 10.2 Å². The molecule has 0 saturated heterocycles. The molecule has 1 amide bonds. The lowest BCUT2D eigenvalue weighted by Gasteiger charge is -2.30. The lowest BCUT2D eigenvalue weighted by molar-refractivity contribution is 0.0846. The van der Waals surface area contributed by atoms with Gasteiger partial charge in [0.25, 0.3) is 5.91 Å². The van der Waals surface area contributed by atoms with Crippen LogP contribution in [0.5, 0.6) is 0 Å². The van der Waals surface area contributed by atoms with Gasteiger partial charge in [0.1, 0.15) is 0 Å². The van der Waals surface area contributed by atoms with Crippen molar-refractivity contribution >= 4 is 16.1 Å². The van der Waals surface area contributed by atoms with Gasteiger partial charge in [-0.3, -0.25) is 4.79 Å². The lowest BCUT2D eigenvalue weighted by Crippen LogP contribution is -2.47. The van der Waals surface area contributed by atoms with Crippen LogP contribution in [0.2, 0.25) is 0 Å². The van der Waals surface area contributed by atoms with Gasteiger partial charge in [0.2, 0.25) is 0 Å². The van der Waals surface area contributed by atoms with E-state index in [1.165, 1.54) is 4.31 Å². The topological polar surface area (TPSA) is 57.7 Å². The third-order valence-electron chi connectivity index (χ3n) is 4.24. The maximum atomic E-state index is 13.3. The van der Waals surface area contributed by atoms with Crippen LogP contribution in [-0.4, -0.2) is 36.0 Å². The van der Waals surface area contributed by atoms with Crippen molar-refractivity contribution in [3.8, 4) is 0 Å². The van der Waals surface area contributed by atoms with E-state index in [4.69, 9.17) is 0 Å². The van der Waals surface area contributed by atoms with Crippen molar-refractivity contribution in [3.05, 3.63) is 71.3 Å². The molecule has 0 atom stereocenters. The van der Waals surface area contributed by atoms with Crippen LogP contribution in [0.3, 0.4) is 0 Å². The van der Waals surface area contributed by atoms with Gasteiger partial charge in [-0.2, -0.15) is 12.7 Å². The number of hydrogen-bond donors (Lipinski definition) is 0. The molecule has 0 saturated carbocycles. The lowest BCUT2D eigenvalue weighted by atomic mass is 10.1. The second-order valence-electron chi connectivity index (χ2n) is 6.57. The Labute approximate surface area is 162 Å². The molecule has 2 aromatic carbocycles. The van der Waals surface area contributed by atoms with Crippen LogP contribution in [0.25, 0.3) is 0 Å². The molecule has 146 valence electrons. The monoisotopic (exact) mass is 388 g/mol. The van der Waals surface area contributed by atoms with Gasteiger partial charge < -0.3 is 0 Å². The van der Waals surface area contributed by atoms with Crippen LogP contribution in [0.4, 0.5) is 0 Å². The zero-order chi connectivity index (χ0) is 19.9. The van der Waals surface area contributed by atoms with E-state index in [9.17, 15) is 13.2 Å². The zero-order valence-corrected chi connectivity index (χ0v) is 17.1. The standard InChI is InChI=1S/C21H28N2O3S/c1-4-15-22(16-5-2)27(25,26)23(17-19-13-11-18(3)12-14-19)21(24)20-9-7-6-8-10-20/h6-14H,4-5,15-17H2,1-3H3. The molecule has 0 aromatic heterocycles. The van der Waals surface area contributed by atoms with E-state index in [0.717, 1.165) is 15.4 Å². The van der Waals surface area contributed by atoms with Gasteiger partial charge in [0.15, 0.2) is 0 Å². The molecule has 0 bridgehead atoms. The van der Waals surface area contributed by atoms with Crippen molar-refractivity contribution in [3.63, 3.8) is 0 Å². The second kappa shape index (κ2) is 9.67. The average molecular weight is 389 g/mol. The molecule has 0 unspecified atom stereocenters. The predicted molar refractivity (Wildman–Crippen MR) is 109 cm³/mol. The molecule has 0 spiro atoms. The Hall–Kier alpha value is -2.18. The number of hydrogen-bond acceptors (Lipinski definition) is 3. The van der Waals surface area contributed by atoms with E-state index in [-0.39, 0.29) is 6.54 Å². The van der Waals surface area contributed by atoms with E-state index in [0.29, 0.717) is 31.5 Å². The molecule has 0 radical (unpaired) electrons. The van der Waals surface area contributed by atoms with Gasteiger partial charge in [0.05, 0.1) is 6.54 Å². The average Bonchev–Trinajstić information content (AvgIpc) is 2.67. The molecule has 5 nitrogen and oxygen atoms in total. The number of carbonyl (C=O) groups excluding carboxylic acids is 1. The first-order chi connectivity index (χ1) is 12.9. The zero-order valence-electron chi connectivity index (χ0n) is 16.3. The van der Waals surface area contributed by atoms with Crippen molar-refractivity contribution < 1.29 is 13.2 Å². The number of carbonyl (C=O) groups is 1. The first-order valence-corrected chi connectivity index (χ1v) is 10.7. The minimum absolute atomic E-state index is 0.0142. The highest BCUT2D eigenvalue weighted by Gasteiger charge is 2.33. The Morgan fingerprint density at radius 1 is 0.889 bits per heavy atom. The van der Waals surface area contributed by atoms with Crippen molar-refractivity contribution in [2.75, 3.05) is 13.1 Å². The third kappa shape index (κ3) is 5.40. The van der Waals surface area contributed by atoms with Crippen molar-refractivity contribution in [2.45, 2.75) is 40.2 Å². The molecule has 2 rings (SSSR count). The van der Waals surface area contributed by atoms with Crippen molar-refractivity contribution in [1.82, 2.24) is 8.61 Å². The summed E-state index contributed by atoms with van der Waals surface area (Å²) in [7, 11) is -3.93. The Kier molecular flexibility index (Phi) is 7.56. The van der Waals surface area contributed by atoms with Crippen LogP contribution >= 0.6 is 0 Å². The normalized spacial score (nSPS) is 11.6. The van der Waals surface area contributed by atoms with Gasteiger partial charge in [-0.15, -0.1) is 0 Å². The molecule has 0 aliphatic rings. The SMILES string of the molecule is CCCN(CCC)S(=O)(=O)N(Cc1ccc(C)cc1)C(=O)c1ccccc1.